The highest BCUT2D eigenvalue weighted by Gasteiger charge is 2.18. The van der Waals surface area contributed by atoms with E-state index in [4.69, 9.17) is 0 Å². The van der Waals surface area contributed by atoms with Gasteiger partial charge in [-0.15, -0.1) is 0 Å². The Morgan fingerprint density at radius 2 is 1.94 bits per heavy atom. The fourth-order valence-electron chi connectivity index (χ4n) is 2.68. The quantitative estimate of drug-likeness (QED) is 0.728. The van der Waals surface area contributed by atoms with Crippen molar-refractivity contribution in [2.24, 2.45) is 11.3 Å². The minimum atomic E-state index is 0.222. The second kappa shape index (κ2) is 7.52. The zero-order valence-corrected chi connectivity index (χ0v) is 13.7. The fraction of sp³-hybridized carbons (Fsp3) is 0.933. The smallest absolute Gasteiger partial charge is 0.220 e. The Morgan fingerprint density at radius 1 is 1.33 bits per heavy atom. The minimum Gasteiger partial charge on any atom is -0.355 e. The molecule has 0 aromatic carbocycles. The number of alkyl halides is 1. The maximum absolute atomic E-state index is 11.7. The van der Waals surface area contributed by atoms with Gasteiger partial charge in [0.25, 0.3) is 0 Å². The summed E-state index contributed by atoms with van der Waals surface area (Å²) in [5, 5.41) is 3.04. The van der Waals surface area contributed by atoms with Gasteiger partial charge in [-0.25, -0.2) is 0 Å². The Balaban J connectivity index is 2.08. The number of carbonyl (C=O) groups is 1. The molecule has 1 rings (SSSR count). The molecule has 0 heterocycles. The van der Waals surface area contributed by atoms with Crippen LogP contribution in [0.15, 0.2) is 0 Å². The van der Waals surface area contributed by atoms with Crippen LogP contribution < -0.4 is 5.32 Å². The van der Waals surface area contributed by atoms with Gasteiger partial charge in [0, 0.05) is 17.8 Å². The van der Waals surface area contributed by atoms with E-state index < -0.39 is 0 Å². The van der Waals surface area contributed by atoms with E-state index in [1.807, 2.05) is 0 Å². The molecule has 1 fully saturated rings. The summed E-state index contributed by atoms with van der Waals surface area (Å²) in [7, 11) is 0. The molecule has 1 atom stereocenters. The average Bonchev–Trinajstić information content (AvgIpc) is 2.74. The molecule has 0 spiro atoms. The third kappa shape index (κ3) is 7.40. The number of amides is 1. The van der Waals surface area contributed by atoms with Crippen LogP contribution >= 0.6 is 15.9 Å². The van der Waals surface area contributed by atoms with Crippen molar-refractivity contribution >= 4 is 21.8 Å². The van der Waals surface area contributed by atoms with Crippen molar-refractivity contribution in [1.82, 2.24) is 5.32 Å². The Labute approximate surface area is 120 Å². The number of hydrogen-bond donors (Lipinski definition) is 1. The van der Waals surface area contributed by atoms with Gasteiger partial charge in [0.05, 0.1) is 0 Å². The molecule has 0 aromatic heterocycles. The summed E-state index contributed by atoms with van der Waals surface area (Å²) in [5.74, 6) is 1.03. The van der Waals surface area contributed by atoms with E-state index in [1.54, 1.807) is 0 Å². The molecule has 0 aliphatic heterocycles. The van der Waals surface area contributed by atoms with E-state index in [0.717, 1.165) is 25.3 Å². The molecule has 2 nitrogen and oxygen atoms in total. The lowest BCUT2D eigenvalue weighted by Gasteiger charge is -2.22. The number of rotatable bonds is 6. The van der Waals surface area contributed by atoms with Crippen LogP contribution in [0.25, 0.3) is 0 Å². The zero-order chi connectivity index (χ0) is 13.6. The summed E-state index contributed by atoms with van der Waals surface area (Å²) in [5.41, 5.74) is 0.308. The summed E-state index contributed by atoms with van der Waals surface area (Å²) in [6.45, 7) is 7.43. The van der Waals surface area contributed by atoms with Gasteiger partial charge in [0.1, 0.15) is 0 Å². The minimum absolute atomic E-state index is 0.222. The first-order valence-electron chi connectivity index (χ1n) is 7.27. The number of carbonyl (C=O) groups excluding carboxylic acids is 1. The highest BCUT2D eigenvalue weighted by atomic mass is 79.9. The predicted molar refractivity (Wildman–Crippen MR) is 81.0 cm³/mol. The lowest BCUT2D eigenvalue weighted by molar-refractivity contribution is -0.121. The third-order valence-corrected chi connectivity index (χ3v) is 4.26. The SMILES string of the molecule is CC(C)(C)CC(Br)CNC(=O)CCC1CCCC1. The van der Waals surface area contributed by atoms with Crippen LogP contribution in [-0.2, 0) is 4.79 Å². The number of halogens is 1. The summed E-state index contributed by atoms with van der Waals surface area (Å²) in [4.78, 5) is 12.1. The first-order valence-corrected chi connectivity index (χ1v) is 8.19. The summed E-state index contributed by atoms with van der Waals surface area (Å²) >= 11 is 3.64. The first kappa shape index (κ1) is 16.0. The van der Waals surface area contributed by atoms with Crippen LogP contribution in [-0.4, -0.2) is 17.3 Å². The maximum Gasteiger partial charge on any atom is 0.220 e. The zero-order valence-electron chi connectivity index (χ0n) is 12.1. The predicted octanol–water partition coefficient (Wildman–Crippen LogP) is 4.27. The van der Waals surface area contributed by atoms with E-state index in [0.29, 0.717) is 16.7 Å². The molecule has 0 aromatic rings. The van der Waals surface area contributed by atoms with Gasteiger partial charge in [0.15, 0.2) is 0 Å². The van der Waals surface area contributed by atoms with E-state index in [2.05, 4.69) is 42.0 Å². The Hall–Kier alpha value is -0.0500. The van der Waals surface area contributed by atoms with Crippen LogP contribution in [0.1, 0.15) is 65.7 Å². The Morgan fingerprint density at radius 3 is 2.50 bits per heavy atom. The van der Waals surface area contributed by atoms with E-state index >= 15 is 0 Å². The van der Waals surface area contributed by atoms with Gasteiger partial charge in [-0.05, 0) is 24.2 Å². The normalized spacial score (nSPS) is 18.9. The molecule has 18 heavy (non-hydrogen) atoms. The van der Waals surface area contributed by atoms with Gasteiger partial charge in [-0.1, -0.05) is 62.4 Å². The molecule has 0 saturated heterocycles. The van der Waals surface area contributed by atoms with Crippen molar-refractivity contribution in [3.63, 3.8) is 0 Å². The highest BCUT2D eigenvalue weighted by Crippen LogP contribution is 2.28. The molecule has 1 aliphatic carbocycles. The van der Waals surface area contributed by atoms with Crippen LogP contribution in [0.4, 0.5) is 0 Å². The summed E-state index contributed by atoms with van der Waals surface area (Å²) < 4.78 is 0. The highest BCUT2D eigenvalue weighted by molar-refractivity contribution is 9.09. The van der Waals surface area contributed by atoms with Crippen LogP contribution in [0.2, 0.25) is 0 Å². The van der Waals surface area contributed by atoms with Crippen LogP contribution in [0, 0.1) is 11.3 Å². The van der Waals surface area contributed by atoms with E-state index in [-0.39, 0.29) is 5.91 Å². The van der Waals surface area contributed by atoms with Crippen LogP contribution in [0.5, 0.6) is 0 Å². The lowest BCUT2D eigenvalue weighted by Crippen LogP contribution is -2.31. The second-order valence-electron chi connectivity index (χ2n) is 6.86. The fourth-order valence-corrected chi connectivity index (χ4v) is 3.82. The second-order valence-corrected chi connectivity index (χ2v) is 8.15. The molecule has 1 aliphatic rings. The van der Waals surface area contributed by atoms with Crippen molar-refractivity contribution in [3.8, 4) is 0 Å². The molecule has 3 heteroatoms. The van der Waals surface area contributed by atoms with Crippen molar-refractivity contribution in [2.45, 2.75) is 70.5 Å². The molecule has 1 unspecified atom stereocenters. The van der Waals surface area contributed by atoms with E-state index in [9.17, 15) is 4.79 Å². The largest absolute Gasteiger partial charge is 0.355 e. The van der Waals surface area contributed by atoms with E-state index in [1.165, 1.54) is 25.7 Å². The maximum atomic E-state index is 11.7. The molecular weight excluding hydrogens is 290 g/mol. The molecule has 1 amide bonds. The lowest BCUT2D eigenvalue weighted by atomic mass is 9.90. The third-order valence-electron chi connectivity index (χ3n) is 3.61. The van der Waals surface area contributed by atoms with Gasteiger partial charge in [-0.3, -0.25) is 4.79 Å². The molecule has 106 valence electrons. The van der Waals surface area contributed by atoms with Gasteiger partial charge in [-0.2, -0.15) is 0 Å². The first-order chi connectivity index (χ1) is 8.37. The van der Waals surface area contributed by atoms with Gasteiger partial charge >= 0.3 is 0 Å². The standard InChI is InChI=1S/C15H28BrNO/c1-15(2,3)10-13(16)11-17-14(18)9-8-12-6-4-5-7-12/h12-13H,4-11H2,1-3H3,(H,17,18). The monoisotopic (exact) mass is 317 g/mol. The number of nitrogens with one attached hydrogen (secondary N) is 1. The van der Waals surface area contributed by atoms with Crippen molar-refractivity contribution in [3.05, 3.63) is 0 Å². The molecule has 1 N–H and O–H groups in total. The molecular formula is C15H28BrNO. The Bertz CT molecular complexity index is 254. The molecule has 0 bridgehead atoms. The number of hydrogen-bond acceptors (Lipinski definition) is 1. The van der Waals surface area contributed by atoms with Gasteiger partial charge in [0.2, 0.25) is 5.91 Å². The van der Waals surface area contributed by atoms with Crippen LogP contribution in [0.3, 0.4) is 0 Å². The summed E-state index contributed by atoms with van der Waals surface area (Å²) in [6, 6.07) is 0. The van der Waals surface area contributed by atoms with Gasteiger partial charge < -0.3 is 5.32 Å². The average molecular weight is 318 g/mol. The Kier molecular flexibility index (Phi) is 6.68. The summed E-state index contributed by atoms with van der Waals surface area (Å²) in [6.07, 6.45) is 8.26. The van der Waals surface area contributed by atoms with Crippen molar-refractivity contribution < 1.29 is 4.79 Å². The molecule has 1 saturated carbocycles. The van der Waals surface area contributed by atoms with Crippen molar-refractivity contribution in [1.29, 1.82) is 0 Å². The van der Waals surface area contributed by atoms with Crippen molar-refractivity contribution in [2.75, 3.05) is 6.54 Å². The topological polar surface area (TPSA) is 29.1 Å². The molecule has 0 radical (unpaired) electrons.